The third-order valence-corrected chi connectivity index (χ3v) is 3.71. The van der Waals surface area contributed by atoms with E-state index < -0.39 is 0 Å². The largest absolute Gasteiger partial charge is 0.369 e. The summed E-state index contributed by atoms with van der Waals surface area (Å²) in [5.74, 6) is 0.632. The topological polar surface area (TPSA) is 58.1 Å². The number of anilines is 1. The maximum Gasteiger partial charge on any atom is 0.274 e. The van der Waals surface area contributed by atoms with Gasteiger partial charge in [-0.05, 0) is 32.3 Å². The Morgan fingerprint density at radius 3 is 2.43 bits per heavy atom. The second-order valence-corrected chi connectivity index (χ2v) is 5.28. The van der Waals surface area contributed by atoms with E-state index in [4.69, 9.17) is 0 Å². The van der Waals surface area contributed by atoms with Gasteiger partial charge in [-0.25, -0.2) is 9.97 Å². The standard InChI is InChI=1S/C18H24N4O/c1-3-22(4-2)18(23)16-13-21-17(14-20-16)19-12-8-11-15-9-6-5-7-10-15/h5-7,9-10,13-14H,3-4,8,11-12H2,1-2H3,(H,19,21). The quantitative estimate of drug-likeness (QED) is 0.761. The Kier molecular flexibility index (Phi) is 6.54. The van der Waals surface area contributed by atoms with E-state index in [1.807, 2.05) is 19.9 Å². The highest BCUT2D eigenvalue weighted by Crippen LogP contribution is 2.06. The Bertz CT molecular complexity index is 594. The van der Waals surface area contributed by atoms with E-state index in [2.05, 4.69) is 39.6 Å². The summed E-state index contributed by atoms with van der Waals surface area (Å²) in [4.78, 5) is 22.4. The lowest BCUT2D eigenvalue weighted by Crippen LogP contribution is -2.31. The zero-order valence-electron chi connectivity index (χ0n) is 13.8. The first-order valence-electron chi connectivity index (χ1n) is 8.13. The average molecular weight is 312 g/mol. The minimum atomic E-state index is -0.0712. The third-order valence-electron chi connectivity index (χ3n) is 3.71. The number of rotatable bonds is 8. The molecule has 5 nitrogen and oxygen atoms in total. The van der Waals surface area contributed by atoms with Gasteiger partial charge in [-0.15, -0.1) is 0 Å². The normalized spacial score (nSPS) is 10.3. The molecule has 1 amide bonds. The van der Waals surface area contributed by atoms with Crippen molar-refractivity contribution >= 4 is 11.7 Å². The van der Waals surface area contributed by atoms with Crippen molar-refractivity contribution in [2.75, 3.05) is 25.0 Å². The van der Waals surface area contributed by atoms with E-state index in [0.717, 1.165) is 19.4 Å². The molecule has 0 unspecified atom stereocenters. The summed E-state index contributed by atoms with van der Waals surface area (Å²) in [6.45, 7) is 6.09. The molecule has 122 valence electrons. The number of nitrogens with zero attached hydrogens (tertiary/aromatic N) is 3. The molecular formula is C18H24N4O. The van der Waals surface area contributed by atoms with Crippen molar-refractivity contribution in [3.8, 4) is 0 Å². The minimum absolute atomic E-state index is 0.0712. The summed E-state index contributed by atoms with van der Waals surface area (Å²) in [7, 11) is 0. The van der Waals surface area contributed by atoms with Crippen LogP contribution < -0.4 is 5.32 Å². The van der Waals surface area contributed by atoms with E-state index >= 15 is 0 Å². The summed E-state index contributed by atoms with van der Waals surface area (Å²) in [6, 6.07) is 10.4. The number of hydrogen-bond donors (Lipinski definition) is 1. The number of carbonyl (C=O) groups excluding carboxylic acids is 1. The van der Waals surface area contributed by atoms with Gasteiger partial charge in [-0.2, -0.15) is 0 Å². The smallest absolute Gasteiger partial charge is 0.274 e. The maximum absolute atomic E-state index is 12.1. The molecule has 1 heterocycles. The Balaban J connectivity index is 1.80. The zero-order valence-corrected chi connectivity index (χ0v) is 13.8. The van der Waals surface area contributed by atoms with Crippen LogP contribution in [0.4, 0.5) is 5.82 Å². The second kappa shape index (κ2) is 8.88. The molecule has 2 aromatic rings. The van der Waals surface area contributed by atoms with Gasteiger partial charge in [0.05, 0.1) is 12.4 Å². The Morgan fingerprint density at radius 1 is 1.09 bits per heavy atom. The van der Waals surface area contributed by atoms with E-state index in [-0.39, 0.29) is 5.91 Å². The Hall–Kier alpha value is -2.43. The lowest BCUT2D eigenvalue weighted by Gasteiger charge is -2.17. The van der Waals surface area contributed by atoms with Gasteiger partial charge in [-0.1, -0.05) is 30.3 Å². The highest BCUT2D eigenvalue weighted by atomic mass is 16.2. The summed E-state index contributed by atoms with van der Waals surface area (Å²) in [5, 5.41) is 3.24. The van der Waals surface area contributed by atoms with Crippen molar-refractivity contribution in [3.63, 3.8) is 0 Å². The predicted molar refractivity (Wildman–Crippen MR) is 92.5 cm³/mol. The summed E-state index contributed by atoms with van der Waals surface area (Å²) in [6.07, 6.45) is 5.21. The SMILES string of the molecule is CCN(CC)C(=O)c1cnc(NCCCc2ccccc2)cn1. The molecule has 1 aromatic heterocycles. The second-order valence-electron chi connectivity index (χ2n) is 5.28. The number of hydrogen-bond acceptors (Lipinski definition) is 4. The van der Waals surface area contributed by atoms with Crippen molar-refractivity contribution in [1.29, 1.82) is 0 Å². The van der Waals surface area contributed by atoms with Crippen LogP contribution in [0.5, 0.6) is 0 Å². The van der Waals surface area contributed by atoms with Gasteiger partial charge in [0, 0.05) is 19.6 Å². The van der Waals surface area contributed by atoms with Gasteiger partial charge in [0.15, 0.2) is 0 Å². The Morgan fingerprint density at radius 2 is 1.83 bits per heavy atom. The molecule has 0 bridgehead atoms. The van der Waals surface area contributed by atoms with Crippen molar-refractivity contribution in [2.45, 2.75) is 26.7 Å². The molecule has 2 rings (SSSR count). The van der Waals surface area contributed by atoms with Crippen LogP contribution in [0.2, 0.25) is 0 Å². The van der Waals surface area contributed by atoms with Gasteiger partial charge in [-0.3, -0.25) is 4.79 Å². The molecule has 1 N–H and O–H groups in total. The fourth-order valence-corrected chi connectivity index (χ4v) is 2.36. The number of amides is 1. The van der Waals surface area contributed by atoms with Gasteiger partial charge in [0.1, 0.15) is 11.5 Å². The molecule has 5 heteroatoms. The van der Waals surface area contributed by atoms with E-state index in [1.165, 1.54) is 5.56 Å². The summed E-state index contributed by atoms with van der Waals surface area (Å²) >= 11 is 0. The van der Waals surface area contributed by atoms with Crippen LogP contribution >= 0.6 is 0 Å². The van der Waals surface area contributed by atoms with Crippen LogP contribution in [0.15, 0.2) is 42.7 Å². The predicted octanol–water partition coefficient (Wildman–Crippen LogP) is 3.00. The zero-order chi connectivity index (χ0) is 16.5. The van der Waals surface area contributed by atoms with Crippen molar-refractivity contribution < 1.29 is 4.79 Å². The molecule has 1 aromatic carbocycles. The van der Waals surface area contributed by atoms with E-state index in [9.17, 15) is 4.79 Å². The first-order valence-corrected chi connectivity index (χ1v) is 8.13. The monoisotopic (exact) mass is 312 g/mol. The molecule has 0 aliphatic carbocycles. The fourth-order valence-electron chi connectivity index (χ4n) is 2.36. The molecule has 0 aliphatic heterocycles. The highest BCUT2D eigenvalue weighted by Gasteiger charge is 2.13. The summed E-state index contributed by atoms with van der Waals surface area (Å²) in [5.41, 5.74) is 1.73. The molecule has 0 aliphatic rings. The van der Waals surface area contributed by atoms with Crippen molar-refractivity contribution in [1.82, 2.24) is 14.9 Å². The number of benzene rings is 1. The van der Waals surface area contributed by atoms with Crippen molar-refractivity contribution in [3.05, 3.63) is 54.0 Å². The first-order chi connectivity index (χ1) is 11.2. The molecule has 23 heavy (non-hydrogen) atoms. The lowest BCUT2D eigenvalue weighted by molar-refractivity contribution is 0.0766. The van der Waals surface area contributed by atoms with Gasteiger partial charge in [0.2, 0.25) is 0 Å². The average Bonchev–Trinajstić information content (AvgIpc) is 2.61. The molecule has 0 atom stereocenters. The molecule has 0 spiro atoms. The maximum atomic E-state index is 12.1. The van der Waals surface area contributed by atoms with E-state index in [1.54, 1.807) is 17.3 Å². The number of aryl methyl sites for hydroxylation is 1. The summed E-state index contributed by atoms with van der Waals surface area (Å²) < 4.78 is 0. The highest BCUT2D eigenvalue weighted by molar-refractivity contribution is 5.92. The van der Waals surface area contributed by atoms with Crippen LogP contribution in [0, 0.1) is 0 Å². The Labute approximate surface area is 137 Å². The minimum Gasteiger partial charge on any atom is -0.369 e. The van der Waals surface area contributed by atoms with Gasteiger partial charge in [0.25, 0.3) is 5.91 Å². The van der Waals surface area contributed by atoms with Gasteiger partial charge < -0.3 is 10.2 Å². The third kappa shape index (κ3) is 5.06. The molecule has 0 fully saturated rings. The molecule has 0 saturated heterocycles. The van der Waals surface area contributed by atoms with Crippen molar-refractivity contribution in [2.24, 2.45) is 0 Å². The molecule has 0 radical (unpaired) electrons. The molecule has 0 saturated carbocycles. The number of carbonyl (C=O) groups is 1. The fraction of sp³-hybridized carbons (Fsp3) is 0.389. The first kappa shape index (κ1) is 16.9. The van der Waals surface area contributed by atoms with Crippen LogP contribution in [0.3, 0.4) is 0 Å². The van der Waals surface area contributed by atoms with Crippen LogP contribution in [-0.4, -0.2) is 40.4 Å². The van der Waals surface area contributed by atoms with Crippen LogP contribution in [-0.2, 0) is 6.42 Å². The number of nitrogens with one attached hydrogen (secondary N) is 1. The van der Waals surface area contributed by atoms with E-state index in [0.29, 0.717) is 24.6 Å². The van der Waals surface area contributed by atoms with Crippen LogP contribution in [0.25, 0.3) is 0 Å². The lowest BCUT2D eigenvalue weighted by atomic mass is 10.1. The van der Waals surface area contributed by atoms with Gasteiger partial charge >= 0.3 is 0 Å². The van der Waals surface area contributed by atoms with Crippen LogP contribution in [0.1, 0.15) is 36.3 Å². The number of aromatic nitrogens is 2. The molecular weight excluding hydrogens is 288 g/mol.